The van der Waals surface area contributed by atoms with Crippen molar-refractivity contribution < 1.29 is 27.0 Å². The zero-order chi connectivity index (χ0) is 27.8. The Morgan fingerprint density at radius 3 is 1.47 bits per heavy atom. The molecule has 214 valence electrons. The lowest BCUT2D eigenvalue weighted by atomic mass is 9.70. The molecule has 38 heavy (non-hydrogen) atoms. The van der Waals surface area contributed by atoms with Crippen molar-refractivity contribution in [2.24, 2.45) is 33.5 Å². The molecule has 4 aliphatic carbocycles. The first-order valence-electron chi connectivity index (χ1n) is 13.9. The van der Waals surface area contributed by atoms with Crippen LogP contribution < -0.4 is 9.44 Å². The predicted octanol–water partition coefficient (Wildman–Crippen LogP) is 2.90. The van der Waals surface area contributed by atoms with Crippen LogP contribution in [0.3, 0.4) is 0 Å². The second-order valence-electron chi connectivity index (χ2n) is 13.7. The van der Waals surface area contributed by atoms with E-state index in [-0.39, 0.29) is 35.4 Å². The largest absolute Gasteiger partial charge is 0.392 e. The summed E-state index contributed by atoms with van der Waals surface area (Å²) in [5.41, 5.74) is -0.207. The molecule has 0 saturated heterocycles. The maximum atomic E-state index is 13.1. The minimum absolute atomic E-state index is 0.0883. The number of fused-ring (bicyclic) bond motifs is 4. The standard InChI is InChI=1S/C28H44N2O6S2/c1-25(2)21-8-10-27(25,23(31)13-21)17-37(33,34)29-15-19-6-5-7-20(12-19)16-30-38(35,36)18-28-11-9-22(14-24(28)32)26(28,3)4/h5-7,12,21-24,29-32H,8-11,13-18H2,1-4H3/t21-,22-,23+,24+,27+,28+/m0/s1. The molecule has 0 radical (unpaired) electrons. The van der Waals surface area contributed by atoms with E-state index in [0.717, 1.165) is 36.8 Å². The fraction of sp³-hybridized carbons (Fsp3) is 0.786. The molecular weight excluding hydrogens is 524 g/mol. The van der Waals surface area contributed by atoms with Crippen molar-refractivity contribution in [3.05, 3.63) is 35.4 Å². The number of aliphatic hydroxyl groups is 2. The molecular formula is C28H44N2O6S2. The quantitative estimate of drug-likeness (QED) is 0.343. The zero-order valence-electron chi connectivity index (χ0n) is 23.0. The summed E-state index contributed by atoms with van der Waals surface area (Å²) >= 11 is 0. The van der Waals surface area contributed by atoms with Gasteiger partial charge in [-0.05, 0) is 72.3 Å². The minimum atomic E-state index is -3.64. The normalized spacial score (nSPS) is 37.2. The van der Waals surface area contributed by atoms with Gasteiger partial charge in [-0.2, -0.15) is 0 Å². The molecule has 4 saturated carbocycles. The van der Waals surface area contributed by atoms with Gasteiger partial charge in [0.25, 0.3) is 0 Å². The van der Waals surface area contributed by atoms with Crippen LogP contribution in [0.25, 0.3) is 0 Å². The topological polar surface area (TPSA) is 133 Å². The molecule has 10 heteroatoms. The van der Waals surface area contributed by atoms with Gasteiger partial charge in [-0.3, -0.25) is 0 Å². The van der Waals surface area contributed by atoms with Crippen LogP contribution in [0.5, 0.6) is 0 Å². The highest BCUT2D eigenvalue weighted by Gasteiger charge is 2.66. The van der Waals surface area contributed by atoms with Gasteiger partial charge in [0.15, 0.2) is 0 Å². The van der Waals surface area contributed by atoms with Crippen LogP contribution in [0.2, 0.25) is 0 Å². The van der Waals surface area contributed by atoms with Gasteiger partial charge in [0.1, 0.15) is 0 Å². The van der Waals surface area contributed by atoms with Crippen molar-refractivity contribution in [2.75, 3.05) is 11.5 Å². The molecule has 6 atom stereocenters. The third kappa shape index (κ3) is 4.47. The summed E-state index contributed by atoms with van der Waals surface area (Å²) in [7, 11) is -7.28. The summed E-state index contributed by atoms with van der Waals surface area (Å²) < 4.78 is 57.8. The Hall–Kier alpha value is -1.04. The molecule has 0 aliphatic heterocycles. The van der Waals surface area contributed by atoms with E-state index in [1.54, 1.807) is 6.07 Å². The number of hydrogen-bond acceptors (Lipinski definition) is 6. The fourth-order valence-corrected chi connectivity index (χ4v) is 12.5. The molecule has 4 fully saturated rings. The van der Waals surface area contributed by atoms with Gasteiger partial charge in [-0.1, -0.05) is 52.0 Å². The molecule has 0 amide bonds. The van der Waals surface area contributed by atoms with Gasteiger partial charge in [-0.15, -0.1) is 0 Å². The van der Waals surface area contributed by atoms with Gasteiger partial charge < -0.3 is 10.2 Å². The highest BCUT2D eigenvalue weighted by molar-refractivity contribution is 7.89. The van der Waals surface area contributed by atoms with Gasteiger partial charge in [0, 0.05) is 23.9 Å². The first kappa shape index (κ1) is 28.5. The van der Waals surface area contributed by atoms with Crippen LogP contribution in [0, 0.1) is 33.5 Å². The molecule has 5 rings (SSSR count). The average molecular weight is 569 g/mol. The Balaban J connectivity index is 1.20. The molecule has 8 nitrogen and oxygen atoms in total. The highest BCUT2D eigenvalue weighted by Crippen LogP contribution is 2.67. The molecule has 0 aromatic heterocycles. The van der Waals surface area contributed by atoms with Gasteiger partial charge >= 0.3 is 0 Å². The van der Waals surface area contributed by atoms with Crippen molar-refractivity contribution >= 4 is 20.0 Å². The number of aliphatic hydroxyl groups excluding tert-OH is 2. The molecule has 0 heterocycles. The van der Waals surface area contributed by atoms with E-state index in [1.807, 2.05) is 18.2 Å². The van der Waals surface area contributed by atoms with E-state index in [1.165, 1.54) is 0 Å². The maximum Gasteiger partial charge on any atom is 0.212 e. The summed E-state index contributed by atoms with van der Waals surface area (Å²) in [4.78, 5) is 0. The molecule has 1 aromatic carbocycles. The lowest BCUT2D eigenvalue weighted by Crippen LogP contribution is -2.47. The van der Waals surface area contributed by atoms with E-state index in [9.17, 15) is 27.0 Å². The third-order valence-corrected chi connectivity index (χ3v) is 14.6. The first-order valence-corrected chi connectivity index (χ1v) is 17.2. The molecule has 4 aliphatic rings. The van der Waals surface area contributed by atoms with E-state index >= 15 is 0 Å². The Morgan fingerprint density at radius 2 is 1.16 bits per heavy atom. The van der Waals surface area contributed by atoms with Crippen LogP contribution in [0.15, 0.2) is 24.3 Å². The van der Waals surface area contributed by atoms with E-state index in [4.69, 9.17) is 0 Å². The molecule has 0 spiro atoms. The van der Waals surface area contributed by atoms with Crippen LogP contribution in [-0.2, 0) is 33.1 Å². The summed E-state index contributed by atoms with van der Waals surface area (Å²) in [6.07, 6.45) is 3.48. The van der Waals surface area contributed by atoms with Crippen LogP contribution in [-0.4, -0.2) is 50.8 Å². The van der Waals surface area contributed by atoms with Gasteiger partial charge in [-0.25, -0.2) is 26.3 Å². The van der Waals surface area contributed by atoms with Crippen molar-refractivity contribution in [1.29, 1.82) is 0 Å². The highest BCUT2D eigenvalue weighted by atomic mass is 32.2. The minimum Gasteiger partial charge on any atom is -0.392 e. The number of hydrogen-bond donors (Lipinski definition) is 4. The zero-order valence-corrected chi connectivity index (χ0v) is 24.7. The van der Waals surface area contributed by atoms with Gasteiger partial charge in [0.2, 0.25) is 20.0 Å². The van der Waals surface area contributed by atoms with E-state index < -0.39 is 43.1 Å². The summed E-state index contributed by atoms with van der Waals surface area (Å²) in [5.74, 6) is 0.529. The van der Waals surface area contributed by atoms with Crippen molar-refractivity contribution in [2.45, 2.75) is 91.5 Å². The summed E-state index contributed by atoms with van der Waals surface area (Å²) in [6.45, 7) is 8.54. The monoisotopic (exact) mass is 568 g/mol. The lowest BCUT2D eigenvalue weighted by molar-refractivity contribution is 0.0150. The Kier molecular flexibility index (Phi) is 6.93. The average Bonchev–Trinajstić information content (AvgIpc) is 3.35. The van der Waals surface area contributed by atoms with Crippen molar-refractivity contribution in [3.8, 4) is 0 Å². The smallest absolute Gasteiger partial charge is 0.212 e. The maximum absolute atomic E-state index is 13.1. The third-order valence-electron chi connectivity index (χ3n) is 11.7. The first-order chi connectivity index (χ1) is 17.5. The predicted molar refractivity (Wildman–Crippen MR) is 147 cm³/mol. The Bertz CT molecular complexity index is 1200. The second kappa shape index (κ2) is 9.24. The summed E-state index contributed by atoms with van der Waals surface area (Å²) in [6, 6.07) is 7.23. The molecule has 4 bridgehead atoms. The van der Waals surface area contributed by atoms with Crippen LogP contribution >= 0.6 is 0 Å². The fourth-order valence-electron chi connectivity index (χ4n) is 8.77. The Labute approximate surface area is 228 Å². The summed E-state index contributed by atoms with van der Waals surface area (Å²) in [5, 5.41) is 21.4. The molecule has 4 N–H and O–H groups in total. The molecule has 1 aromatic rings. The van der Waals surface area contributed by atoms with Gasteiger partial charge in [0.05, 0.1) is 23.7 Å². The van der Waals surface area contributed by atoms with Crippen LogP contribution in [0.1, 0.15) is 77.3 Å². The van der Waals surface area contributed by atoms with Crippen LogP contribution in [0.4, 0.5) is 0 Å². The number of sulfonamides is 2. The van der Waals surface area contributed by atoms with Crippen molar-refractivity contribution in [3.63, 3.8) is 0 Å². The lowest BCUT2D eigenvalue weighted by Gasteiger charge is -2.40. The van der Waals surface area contributed by atoms with Crippen molar-refractivity contribution in [1.82, 2.24) is 9.44 Å². The van der Waals surface area contributed by atoms with E-state index in [2.05, 4.69) is 37.1 Å². The molecule has 0 unspecified atom stereocenters. The Morgan fingerprint density at radius 1 is 0.763 bits per heavy atom. The second-order valence-corrected chi connectivity index (χ2v) is 17.3. The number of rotatable bonds is 10. The SMILES string of the molecule is CC1(C)[C@H]2CC[C@@]1(CS(=O)(=O)NCc1cccc(CNS(=O)(=O)C[C@]34CC[C@@H](C[C@H]3O)C4(C)C)c1)[C@H](O)C2. The van der Waals surface area contributed by atoms with E-state index in [0.29, 0.717) is 24.7 Å². The number of benzene rings is 1. The number of nitrogens with one attached hydrogen (secondary N) is 2.